The van der Waals surface area contributed by atoms with Gasteiger partial charge in [-0.1, -0.05) is 20.8 Å². The van der Waals surface area contributed by atoms with Crippen molar-refractivity contribution in [2.75, 3.05) is 7.11 Å². The summed E-state index contributed by atoms with van der Waals surface area (Å²) in [5, 5.41) is 0. The molecule has 30 heavy (non-hydrogen) atoms. The SMILES string of the molecule is COC(=O)C[C@@H](C)[C@H]1CCC2C3C(CC[C@@]21C)[C@@]1(C)C[C@H](F)C(=O)C[C@H]1CC3(F)F. The molecule has 4 aliphatic carbocycles. The van der Waals surface area contributed by atoms with Crippen molar-refractivity contribution in [2.45, 2.75) is 84.2 Å². The highest BCUT2D eigenvalue weighted by molar-refractivity contribution is 5.84. The molecule has 4 rings (SSSR count). The summed E-state index contributed by atoms with van der Waals surface area (Å²) in [6, 6.07) is 0. The standard InChI is InChI=1S/C24H35F3O3/c1-13(9-20(29)30-4)15-5-6-16-21-17(7-8-22(15,16)2)23(3)12-18(25)19(28)10-14(23)11-24(21,26)27/h13-18,21H,5-12H2,1-4H3/t13-,14+,15-,16?,17?,18+,21?,22-,23+/m1/s1. The molecule has 0 aromatic carbocycles. The minimum Gasteiger partial charge on any atom is -0.469 e. The molecule has 4 aliphatic rings. The van der Waals surface area contributed by atoms with Gasteiger partial charge in [0.15, 0.2) is 12.0 Å². The average molecular weight is 429 g/mol. The van der Waals surface area contributed by atoms with Gasteiger partial charge in [0, 0.05) is 25.2 Å². The first kappa shape index (κ1) is 22.1. The summed E-state index contributed by atoms with van der Waals surface area (Å²) in [5.74, 6) is -4.81. The lowest BCUT2D eigenvalue weighted by atomic mass is 9.43. The van der Waals surface area contributed by atoms with E-state index in [1.165, 1.54) is 7.11 Å². The molecule has 4 saturated carbocycles. The largest absolute Gasteiger partial charge is 0.469 e. The number of Topliss-reactive ketones (excluding diaryl/α,β-unsaturated/α-hetero) is 1. The maximum Gasteiger partial charge on any atom is 0.305 e. The molecular formula is C24H35F3O3. The Morgan fingerprint density at radius 2 is 1.80 bits per heavy atom. The van der Waals surface area contributed by atoms with Crippen LogP contribution in [0, 0.1) is 46.3 Å². The highest BCUT2D eigenvalue weighted by atomic mass is 19.3. The van der Waals surface area contributed by atoms with Crippen LogP contribution in [0.1, 0.15) is 72.1 Å². The second kappa shape index (κ2) is 7.23. The fourth-order valence-corrected chi connectivity index (χ4v) is 8.43. The summed E-state index contributed by atoms with van der Waals surface area (Å²) in [6.45, 7) is 6.16. The van der Waals surface area contributed by atoms with Crippen LogP contribution in [0.3, 0.4) is 0 Å². The smallest absolute Gasteiger partial charge is 0.305 e. The Balaban J connectivity index is 1.64. The molecule has 170 valence electrons. The van der Waals surface area contributed by atoms with Crippen LogP contribution in [0.25, 0.3) is 0 Å². The Kier molecular flexibility index (Phi) is 5.33. The van der Waals surface area contributed by atoms with E-state index in [1.807, 2.05) is 13.8 Å². The van der Waals surface area contributed by atoms with Gasteiger partial charge in [-0.2, -0.15) is 0 Å². The summed E-state index contributed by atoms with van der Waals surface area (Å²) >= 11 is 0. The van der Waals surface area contributed by atoms with E-state index in [-0.39, 0.29) is 54.3 Å². The lowest BCUT2D eigenvalue weighted by molar-refractivity contribution is -0.234. The molecule has 3 unspecified atom stereocenters. The van der Waals surface area contributed by atoms with Crippen molar-refractivity contribution in [1.82, 2.24) is 0 Å². The Morgan fingerprint density at radius 3 is 2.47 bits per heavy atom. The fourth-order valence-electron chi connectivity index (χ4n) is 8.43. The number of carbonyl (C=O) groups excluding carboxylic acids is 2. The highest BCUT2D eigenvalue weighted by Crippen LogP contribution is 2.71. The molecule has 0 amide bonds. The number of rotatable bonds is 3. The van der Waals surface area contributed by atoms with Crippen LogP contribution < -0.4 is 0 Å². The number of hydrogen-bond donors (Lipinski definition) is 0. The first-order valence-corrected chi connectivity index (χ1v) is 11.6. The van der Waals surface area contributed by atoms with Gasteiger partial charge in [-0.15, -0.1) is 0 Å². The van der Waals surface area contributed by atoms with E-state index in [1.54, 1.807) is 0 Å². The van der Waals surface area contributed by atoms with Crippen molar-refractivity contribution in [2.24, 2.45) is 46.3 Å². The predicted octanol–water partition coefficient (Wildman–Crippen LogP) is 5.61. The maximum absolute atomic E-state index is 15.6. The molecule has 0 aliphatic heterocycles. The van der Waals surface area contributed by atoms with Gasteiger partial charge in [-0.3, -0.25) is 9.59 Å². The van der Waals surface area contributed by atoms with Crippen molar-refractivity contribution >= 4 is 11.8 Å². The summed E-state index contributed by atoms with van der Waals surface area (Å²) in [5.41, 5.74) is -0.766. The lowest BCUT2D eigenvalue weighted by Gasteiger charge is -2.62. The molecule has 0 N–H and O–H groups in total. The van der Waals surface area contributed by atoms with Gasteiger partial charge in [-0.25, -0.2) is 13.2 Å². The monoisotopic (exact) mass is 428 g/mol. The topological polar surface area (TPSA) is 43.4 Å². The zero-order chi connectivity index (χ0) is 22.1. The zero-order valence-corrected chi connectivity index (χ0v) is 18.6. The minimum absolute atomic E-state index is 0.0444. The van der Waals surface area contributed by atoms with Crippen LogP contribution in [0.15, 0.2) is 0 Å². The number of ether oxygens (including phenoxy) is 1. The Labute approximate surface area is 177 Å². The molecule has 3 nitrogen and oxygen atoms in total. The molecule has 6 heteroatoms. The lowest BCUT2D eigenvalue weighted by Crippen LogP contribution is -2.62. The van der Waals surface area contributed by atoms with Crippen molar-refractivity contribution in [3.63, 3.8) is 0 Å². The van der Waals surface area contributed by atoms with Gasteiger partial charge in [0.2, 0.25) is 0 Å². The molecule has 0 heterocycles. The Bertz CT molecular complexity index is 724. The number of ketones is 1. The van der Waals surface area contributed by atoms with Gasteiger partial charge in [0.25, 0.3) is 5.92 Å². The highest BCUT2D eigenvalue weighted by Gasteiger charge is 2.69. The third-order valence-electron chi connectivity index (χ3n) is 9.95. The number of halogens is 3. The van der Waals surface area contributed by atoms with Gasteiger partial charge >= 0.3 is 5.97 Å². The van der Waals surface area contributed by atoms with E-state index in [2.05, 4.69) is 6.92 Å². The molecule has 0 spiro atoms. The first-order chi connectivity index (χ1) is 13.9. The minimum atomic E-state index is -2.83. The summed E-state index contributed by atoms with van der Waals surface area (Å²) < 4.78 is 50.5. The molecule has 0 aromatic rings. The van der Waals surface area contributed by atoms with Crippen LogP contribution in [0.5, 0.6) is 0 Å². The summed E-state index contributed by atoms with van der Waals surface area (Å²) in [7, 11) is 1.38. The maximum atomic E-state index is 15.6. The Morgan fingerprint density at radius 1 is 1.13 bits per heavy atom. The average Bonchev–Trinajstić information content (AvgIpc) is 3.01. The van der Waals surface area contributed by atoms with Crippen molar-refractivity contribution in [3.05, 3.63) is 0 Å². The van der Waals surface area contributed by atoms with Gasteiger partial charge in [-0.05, 0) is 72.5 Å². The number of esters is 1. The van der Waals surface area contributed by atoms with Gasteiger partial charge in [0.1, 0.15) is 0 Å². The third-order valence-corrected chi connectivity index (χ3v) is 9.95. The third kappa shape index (κ3) is 3.14. The first-order valence-electron chi connectivity index (χ1n) is 11.6. The van der Waals surface area contributed by atoms with Gasteiger partial charge < -0.3 is 4.74 Å². The van der Waals surface area contributed by atoms with Crippen LogP contribution in [-0.2, 0) is 14.3 Å². The number of methoxy groups -OCH3 is 1. The van der Waals surface area contributed by atoms with E-state index in [9.17, 15) is 14.0 Å². The molecular weight excluding hydrogens is 393 g/mol. The summed E-state index contributed by atoms with van der Waals surface area (Å²) in [4.78, 5) is 23.8. The quantitative estimate of drug-likeness (QED) is 0.549. The van der Waals surface area contributed by atoms with Crippen molar-refractivity contribution < 1.29 is 27.5 Å². The predicted molar refractivity (Wildman–Crippen MR) is 107 cm³/mol. The van der Waals surface area contributed by atoms with Crippen LogP contribution in [0.4, 0.5) is 13.2 Å². The van der Waals surface area contributed by atoms with Crippen LogP contribution >= 0.6 is 0 Å². The molecule has 9 atom stereocenters. The van der Waals surface area contributed by atoms with Gasteiger partial charge in [0.05, 0.1) is 7.11 Å². The summed E-state index contributed by atoms with van der Waals surface area (Å²) in [6.07, 6.45) is 1.64. The second-order valence-electron chi connectivity index (χ2n) is 11.2. The number of fused-ring (bicyclic) bond motifs is 5. The Hall–Kier alpha value is -1.07. The van der Waals surface area contributed by atoms with E-state index in [0.717, 1.165) is 19.3 Å². The molecule has 0 aromatic heterocycles. The molecule has 4 fully saturated rings. The zero-order valence-electron chi connectivity index (χ0n) is 18.6. The molecule has 0 bridgehead atoms. The fraction of sp³-hybridized carbons (Fsp3) is 0.917. The normalized spacial score (nSPS) is 48.3. The van der Waals surface area contributed by atoms with E-state index < -0.39 is 35.1 Å². The van der Waals surface area contributed by atoms with Crippen molar-refractivity contribution in [3.8, 4) is 0 Å². The van der Waals surface area contributed by atoms with E-state index in [4.69, 9.17) is 4.74 Å². The molecule has 0 radical (unpaired) electrons. The van der Waals surface area contributed by atoms with Crippen molar-refractivity contribution in [1.29, 1.82) is 0 Å². The molecule has 0 saturated heterocycles. The van der Waals surface area contributed by atoms with Crippen LogP contribution in [-0.4, -0.2) is 31.0 Å². The van der Waals surface area contributed by atoms with Crippen LogP contribution in [0.2, 0.25) is 0 Å². The number of carbonyl (C=O) groups is 2. The van der Waals surface area contributed by atoms with E-state index in [0.29, 0.717) is 12.8 Å². The number of hydrogen-bond acceptors (Lipinski definition) is 3. The number of alkyl halides is 3. The second-order valence-corrected chi connectivity index (χ2v) is 11.2. The van der Waals surface area contributed by atoms with E-state index >= 15 is 8.78 Å².